The molecule has 0 saturated heterocycles. The third-order valence-electron chi connectivity index (χ3n) is 1.41. The minimum absolute atomic E-state index is 0.253. The first-order valence-corrected chi connectivity index (χ1v) is 4.63. The molecule has 0 fully saturated rings. The molecule has 0 bridgehead atoms. The number of carbonyl (C=O) groups is 1. The SMILES string of the molecule is CCCCOCC=CCOC(C)=O. The van der Waals surface area contributed by atoms with Crippen LogP contribution in [0.5, 0.6) is 0 Å². The number of carbonyl (C=O) groups excluding carboxylic acids is 1. The van der Waals surface area contributed by atoms with E-state index in [9.17, 15) is 4.79 Å². The van der Waals surface area contributed by atoms with Gasteiger partial charge in [-0.1, -0.05) is 19.4 Å². The van der Waals surface area contributed by atoms with E-state index in [1.54, 1.807) is 6.08 Å². The largest absolute Gasteiger partial charge is 0.462 e. The average molecular weight is 186 g/mol. The maximum Gasteiger partial charge on any atom is 0.302 e. The van der Waals surface area contributed by atoms with Crippen LogP contribution in [0.3, 0.4) is 0 Å². The summed E-state index contributed by atoms with van der Waals surface area (Å²) in [7, 11) is 0. The Hall–Kier alpha value is -0.830. The summed E-state index contributed by atoms with van der Waals surface area (Å²) in [6.07, 6.45) is 5.89. The molecule has 0 aliphatic heterocycles. The van der Waals surface area contributed by atoms with Gasteiger partial charge in [0.1, 0.15) is 6.61 Å². The van der Waals surface area contributed by atoms with E-state index in [1.807, 2.05) is 6.08 Å². The van der Waals surface area contributed by atoms with Crippen LogP contribution in [0.1, 0.15) is 26.7 Å². The van der Waals surface area contributed by atoms with Gasteiger partial charge in [-0.2, -0.15) is 0 Å². The highest BCUT2D eigenvalue weighted by molar-refractivity contribution is 5.65. The van der Waals surface area contributed by atoms with Crippen LogP contribution in [-0.2, 0) is 14.3 Å². The molecule has 0 aromatic heterocycles. The van der Waals surface area contributed by atoms with Gasteiger partial charge in [0.25, 0.3) is 0 Å². The van der Waals surface area contributed by atoms with Crippen molar-refractivity contribution in [1.82, 2.24) is 0 Å². The first-order valence-electron chi connectivity index (χ1n) is 4.63. The summed E-state index contributed by atoms with van der Waals surface area (Å²) in [4.78, 5) is 10.3. The number of rotatable bonds is 7. The van der Waals surface area contributed by atoms with Crippen LogP contribution >= 0.6 is 0 Å². The van der Waals surface area contributed by atoms with E-state index < -0.39 is 0 Å². The lowest BCUT2D eigenvalue weighted by molar-refractivity contribution is -0.139. The monoisotopic (exact) mass is 186 g/mol. The fourth-order valence-corrected chi connectivity index (χ4v) is 0.699. The van der Waals surface area contributed by atoms with Gasteiger partial charge >= 0.3 is 5.97 Å². The summed E-state index contributed by atoms with van der Waals surface area (Å²) in [5.41, 5.74) is 0. The molecule has 0 atom stereocenters. The van der Waals surface area contributed by atoms with Crippen molar-refractivity contribution in [1.29, 1.82) is 0 Å². The molecule has 0 aromatic rings. The molecule has 0 radical (unpaired) electrons. The summed E-state index contributed by atoms with van der Waals surface area (Å²) >= 11 is 0. The molecule has 0 aliphatic carbocycles. The Kier molecular flexibility index (Phi) is 8.67. The third-order valence-corrected chi connectivity index (χ3v) is 1.41. The van der Waals surface area contributed by atoms with Gasteiger partial charge in [0, 0.05) is 13.5 Å². The Bertz CT molecular complexity index is 152. The van der Waals surface area contributed by atoms with Crippen molar-refractivity contribution in [2.75, 3.05) is 19.8 Å². The van der Waals surface area contributed by atoms with Crippen LogP contribution in [0.15, 0.2) is 12.2 Å². The van der Waals surface area contributed by atoms with E-state index in [1.165, 1.54) is 6.92 Å². The molecule has 0 N–H and O–H groups in total. The first-order chi connectivity index (χ1) is 6.27. The number of unbranched alkanes of at least 4 members (excludes halogenated alkanes) is 1. The van der Waals surface area contributed by atoms with Crippen molar-refractivity contribution in [3.63, 3.8) is 0 Å². The lowest BCUT2D eigenvalue weighted by Crippen LogP contribution is -1.98. The van der Waals surface area contributed by atoms with Gasteiger partial charge in [0.15, 0.2) is 0 Å². The smallest absolute Gasteiger partial charge is 0.302 e. The minimum Gasteiger partial charge on any atom is -0.462 e. The van der Waals surface area contributed by atoms with Crippen LogP contribution in [0.4, 0.5) is 0 Å². The zero-order chi connectivity index (χ0) is 9.94. The summed E-state index contributed by atoms with van der Waals surface area (Å²) in [5, 5.41) is 0. The van der Waals surface area contributed by atoms with Crippen molar-refractivity contribution >= 4 is 5.97 Å². The van der Waals surface area contributed by atoms with Gasteiger partial charge in [-0.05, 0) is 12.5 Å². The van der Waals surface area contributed by atoms with Crippen molar-refractivity contribution in [2.24, 2.45) is 0 Å². The Morgan fingerprint density at radius 1 is 1.31 bits per heavy atom. The van der Waals surface area contributed by atoms with Crippen LogP contribution in [0, 0.1) is 0 Å². The van der Waals surface area contributed by atoms with E-state index in [-0.39, 0.29) is 5.97 Å². The maximum absolute atomic E-state index is 10.3. The third kappa shape index (κ3) is 11.2. The first kappa shape index (κ1) is 12.2. The highest BCUT2D eigenvalue weighted by Gasteiger charge is 1.86. The van der Waals surface area contributed by atoms with Gasteiger partial charge in [-0.25, -0.2) is 0 Å². The van der Waals surface area contributed by atoms with Gasteiger partial charge in [-0.3, -0.25) is 4.79 Å². The Morgan fingerprint density at radius 3 is 2.62 bits per heavy atom. The fraction of sp³-hybridized carbons (Fsp3) is 0.700. The van der Waals surface area contributed by atoms with Crippen LogP contribution in [0.25, 0.3) is 0 Å². The molecule has 0 heterocycles. The van der Waals surface area contributed by atoms with E-state index in [0.717, 1.165) is 19.4 Å². The van der Waals surface area contributed by atoms with Gasteiger partial charge in [0.05, 0.1) is 6.61 Å². The standard InChI is InChI=1S/C10H18O3/c1-3-4-7-12-8-5-6-9-13-10(2)11/h5-6H,3-4,7-9H2,1-2H3. The number of esters is 1. The maximum atomic E-state index is 10.3. The molecule has 0 unspecified atom stereocenters. The fourth-order valence-electron chi connectivity index (χ4n) is 0.699. The molecule has 0 rings (SSSR count). The van der Waals surface area contributed by atoms with Crippen molar-refractivity contribution in [3.05, 3.63) is 12.2 Å². The van der Waals surface area contributed by atoms with Crippen molar-refractivity contribution in [3.8, 4) is 0 Å². The second-order valence-corrected chi connectivity index (χ2v) is 2.70. The second kappa shape index (κ2) is 9.26. The zero-order valence-electron chi connectivity index (χ0n) is 8.41. The molecule has 3 nitrogen and oxygen atoms in total. The molecule has 3 heteroatoms. The predicted molar refractivity (Wildman–Crippen MR) is 51.5 cm³/mol. The lowest BCUT2D eigenvalue weighted by atomic mass is 10.4. The molecule has 76 valence electrons. The van der Waals surface area contributed by atoms with E-state index in [2.05, 4.69) is 11.7 Å². The molecular formula is C10H18O3. The molecule has 13 heavy (non-hydrogen) atoms. The second-order valence-electron chi connectivity index (χ2n) is 2.70. The summed E-state index contributed by atoms with van der Waals surface area (Å²) < 4.78 is 9.94. The number of hydrogen-bond donors (Lipinski definition) is 0. The molecule has 0 aromatic carbocycles. The minimum atomic E-state index is -0.253. The zero-order valence-corrected chi connectivity index (χ0v) is 8.41. The van der Waals surface area contributed by atoms with Crippen molar-refractivity contribution in [2.45, 2.75) is 26.7 Å². The quantitative estimate of drug-likeness (QED) is 0.346. The van der Waals surface area contributed by atoms with Gasteiger partial charge in [-0.15, -0.1) is 0 Å². The molecular weight excluding hydrogens is 168 g/mol. The molecule has 0 amide bonds. The van der Waals surface area contributed by atoms with Crippen molar-refractivity contribution < 1.29 is 14.3 Å². The Balaban J connectivity index is 3.08. The molecule has 0 aliphatic rings. The highest BCUT2D eigenvalue weighted by Crippen LogP contribution is 1.88. The van der Waals surface area contributed by atoms with E-state index in [0.29, 0.717) is 13.2 Å². The van der Waals surface area contributed by atoms with Gasteiger partial charge < -0.3 is 9.47 Å². The normalized spacial score (nSPS) is 10.6. The summed E-state index contributed by atoms with van der Waals surface area (Å²) in [6, 6.07) is 0. The Morgan fingerprint density at radius 2 is 2.00 bits per heavy atom. The average Bonchev–Trinajstić information content (AvgIpc) is 2.09. The number of ether oxygens (including phenoxy) is 2. The van der Waals surface area contributed by atoms with E-state index in [4.69, 9.17) is 4.74 Å². The lowest BCUT2D eigenvalue weighted by Gasteiger charge is -1.98. The van der Waals surface area contributed by atoms with Gasteiger partial charge in [0.2, 0.25) is 0 Å². The summed E-state index contributed by atoms with van der Waals surface area (Å²) in [5.74, 6) is -0.253. The molecule has 0 saturated carbocycles. The van der Waals surface area contributed by atoms with Crippen LogP contribution < -0.4 is 0 Å². The molecule has 0 spiro atoms. The van der Waals surface area contributed by atoms with Crippen LogP contribution in [-0.4, -0.2) is 25.8 Å². The predicted octanol–water partition coefficient (Wildman–Crippen LogP) is 1.92. The number of hydrogen-bond acceptors (Lipinski definition) is 3. The Labute approximate surface area is 79.7 Å². The topological polar surface area (TPSA) is 35.5 Å². The van der Waals surface area contributed by atoms with E-state index >= 15 is 0 Å². The summed E-state index contributed by atoms with van der Waals surface area (Å²) in [6.45, 7) is 5.26. The van der Waals surface area contributed by atoms with Crippen LogP contribution in [0.2, 0.25) is 0 Å². The highest BCUT2D eigenvalue weighted by atomic mass is 16.5.